The molecular weight excluding hydrogens is 255 g/mol. The van der Waals surface area contributed by atoms with Gasteiger partial charge in [0.05, 0.1) is 23.0 Å². The topological polar surface area (TPSA) is 61.8 Å². The molecular formula is C13H8F3N3. The van der Waals surface area contributed by atoms with Crippen molar-refractivity contribution in [3.05, 3.63) is 53.3 Å². The third kappa shape index (κ3) is 2.60. The molecule has 0 saturated carbocycles. The standard InChI is InChI=1S/C13H8F3N3/c14-8-4-9(15)13(10(16)5-8)19-12-3-7(6-17)1-2-11(12)18/h1-5,19H,18H2. The number of hydrogen-bond acceptors (Lipinski definition) is 3. The molecule has 2 aromatic rings. The van der Waals surface area contributed by atoms with Gasteiger partial charge in [0.25, 0.3) is 0 Å². The van der Waals surface area contributed by atoms with Gasteiger partial charge in [-0.15, -0.1) is 0 Å². The molecule has 0 fully saturated rings. The Labute approximate surface area is 107 Å². The van der Waals surface area contributed by atoms with Gasteiger partial charge in [-0.1, -0.05) is 0 Å². The molecule has 3 N–H and O–H groups in total. The van der Waals surface area contributed by atoms with Crippen molar-refractivity contribution in [2.45, 2.75) is 0 Å². The Morgan fingerprint density at radius 2 is 1.68 bits per heavy atom. The summed E-state index contributed by atoms with van der Waals surface area (Å²) in [6, 6.07) is 7.22. The largest absolute Gasteiger partial charge is 0.397 e. The molecule has 3 nitrogen and oxygen atoms in total. The van der Waals surface area contributed by atoms with Crippen molar-refractivity contribution in [1.29, 1.82) is 5.26 Å². The second-order valence-electron chi connectivity index (χ2n) is 3.78. The van der Waals surface area contributed by atoms with Gasteiger partial charge in [0.15, 0.2) is 11.6 Å². The van der Waals surface area contributed by atoms with E-state index < -0.39 is 23.1 Å². The van der Waals surface area contributed by atoms with Crippen LogP contribution in [-0.4, -0.2) is 0 Å². The van der Waals surface area contributed by atoms with Gasteiger partial charge in [0.1, 0.15) is 11.5 Å². The van der Waals surface area contributed by atoms with Crippen LogP contribution in [0, 0.1) is 28.8 Å². The number of nitrogens with two attached hydrogens (primary N) is 1. The van der Waals surface area contributed by atoms with Crippen LogP contribution >= 0.6 is 0 Å². The molecule has 2 aromatic carbocycles. The van der Waals surface area contributed by atoms with E-state index in [1.54, 1.807) is 0 Å². The van der Waals surface area contributed by atoms with Crippen molar-refractivity contribution in [2.75, 3.05) is 11.1 Å². The molecule has 0 heterocycles. The summed E-state index contributed by atoms with van der Waals surface area (Å²) in [6.07, 6.45) is 0. The lowest BCUT2D eigenvalue weighted by Crippen LogP contribution is -2.02. The first-order valence-corrected chi connectivity index (χ1v) is 5.22. The van der Waals surface area contributed by atoms with Crippen molar-refractivity contribution < 1.29 is 13.2 Å². The zero-order valence-corrected chi connectivity index (χ0v) is 9.55. The fourth-order valence-corrected chi connectivity index (χ4v) is 1.53. The number of halogens is 3. The minimum atomic E-state index is -1.08. The fraction of sp³-hybridized carbons (Fsp3) is 0. The highest BCUT2D eigenvalue weighted by Gasteiger charge is 2.13. The Morgan fingerprint density at radius 3 is 2.26 bits per heavy atom. The van der Waals surface area contributed by atoms with Crippen LogP contribution in [0.3, 0.4) is 0 Å². The van der Waals surface area contributed by atoms with E-state index in [9.17, 15) is 13.2 Å². The Morgan fingerprint density at radius 1 is 1.05 bits per heavy atom. The van der Waals surface area contributed by atoms with Gasteiger partial charge in [-0.25, -0.2) is 13.2 Å². The quantitative estimate of drug-likeness (QED) is 0.817. The predicted molar refractivity (Wildman–Crippen MR) is 65.2 cm³/mol. The summed E-state index contributed by atoms with van der Waals surface area (Å²) in [5.74, 6) is -3.18. The summed E-state index contributed by atoms with van der Waals surface area (Å²) in [4.78, 5) is 0. The summed E-state index contributed by atoms with van der Waals surface area (Å²) in [5, 5.41) is 11.2. The molecule has 96 valence electrons. The fourth-order valence-electron chi connectivity index (χ4n) is 1.53. The molecule has 0 saturated heterocycles. The minimum Gasteiger partial charge on any atom is -0.397 e. The van der Waals surface area contributed by atoms with Gasteiger partial charge < -0.3 is 11.1 Å². The number of anilines is 3. The third-order valence-electron chi connectivity index (χ3n) is 2.45. The average Bonchev–Trinajstić information content (AvgIpc) is 2.35. The second-order valence-corrected chi connectivity index (χ2v) is 3.78. The van der Waals surface area contributed by atoms with Crippen LogP contribution in [0.1, 0.15) is 5.56 Å². The van der Waals surface area contributed by atoms with Crippen LogP contribution < -0.4 is 11.1 Å². The van der Waals surface area contributed by atoms with Gasteiger partial charge in [0.2, 0.25) is 0 Å². The van der Waals surface area contributed by atoms with Crippen LogP contribution in [0.5, 0.6) is 0 Å². The molecule has 0 bridgehead atoms. The maximum absolute atomic E-state index is 13.5. The molecule has 0 aliphatic heterocycles. The highest BCUT2D eigenvalue weighted by molar-refractivity contribution is 5.74. The normalized spacial score (nSPS) is 10.0. The van der Waals surface area contributed by atoms with Crippen molar-refractivity contribution in [1.82, 2.24) is 0 Å². The van der Waals surface area contributed by atoms with Gasteiger partial charge in [-0.05, 0) is 18.2 Å². The van der Waals surface area contributed by atoms with Gasteiger partial charge in [-0.3, -0.25) is 0 Å². The number of hydrogen-bond donors (Lipinski definition) is 2. The molecule has 0 aliphatic carbocycles. The summed E-state index contributed by atoms with van der Waals surface area (Å²) < 4.78 is 39.7. The lowest BCUT2D eigenvalue weighted by molar-refractivity contribution is 0.549. The molecule has 2 rings (SSSR count). The molecule has 0 radical (unpaired) electrons. The summed E-state index contributed by atoms with van der Waals surface area (Å²) in [6.45, 7) is 0. The van der Waals surface area contributed by atoms with E-state index in [2.05, 4.69) is 5.32 Å². The SMILES string of the molecule is N#Cc1ccc(N)c(Nc2c(F)cc(F)cc2F)c1. The number of nitrogens with zero attached hydrogens (tertiary/aromatic N) is 1. The highest BCUT2D eigenvalue weighted by Crippen LogP contribution is 2.28. The summed E-state index contributed by atoms with van der Waals surface area (Å²) in [5.41, 5.74) is 5.76. The van der Waals surface area contributed by atoms with Crippen molar-refractivity contribution in [2.24, 2.45) is 0 Å². The van der Waals surface area contributed by atoms with Crippen LogP contribution in [0.25, 0.3) is 0 Å². The number of rotatable bonds is 2. The smallest absolute Gasteiger partial charge is 0.152 e. The zero-order valence-electron chi connectivity index (χ0n) is 9.55. The Hall–Kier alpha value is -2.68. The number of nitrogen functional groups attached to an aromatic ring is 1. The van der Waals surface area contributed by atoms with Crippen LogP contribution in [-0.2, 0) is 0 Å². The molecule has 19 heavy (non-hydrogen) atoms. The number of benzene rings is 2. The molecule has 0 spiro atoms. The van der Waals surface area contributed by atoms with E-state index in [-0.39, 0.29) is 16.9 Å². The maximum Gasteiger partial charge on any atom is 0.152 e. The van der Waals surface area contributed by atoms with E-state index >= 15 is 0 Å². The summed E-state index contributed by atoms with van der Waals surface area (Å²) >= 11 is 0. The first-order valence-electron chi connectivity index (χ1n) is 5.22. The number of nitriles is 1. The second kappa shape index (κ2) is 4.90. The number of nitrogens with one attached hydrogen (secondary N) is 1. The lowest BCUT2D eigenvalue weighted by Gasteiger charge is -2.11. The molecule has 0 amide bonds. The highest BCUT2D eigenvalue weighted by atomic mass is 19.1. The van der Waals surface area contributed by atoms with E-state index in [4.69, 9.17) is 11.0 Å². The van der Waals surface area contributed by atoms with Gasteiger partial charge in [0, 0.05) is 12.1 Å². The molecule has 0 unspecified atom stereocenters. The van der Waals surface area contributed by atoms with Crippen LogP contribution in [0.4, 0.5) is 30.2 Å². The first-order chi connectivity index (χ1) is 9.01. The first kappa shape index (κ1) is 12.8. The predicted octanol–water partition coefficient (Wildman–Crippen LogP) is 3.30. The Balaban J connectivity index is 2.45. The van der Waals surface area contributed by atoms with E-state index in [0.717, 1.165) is 0 Å². The van der Waals surface area contributed by atoms with Crippen LogP contribution in [0.15, 0.2) is 30.3 Å². The Kier molecular flexibility index (Phi) is 3.29. The monoisotopic (exact) mass is 263 g/mol. The third-order valence-corrected chi connectivity index (χ3v) is 2.45. The lowest BCUT2D eigenvalue weighted by atomic mass is 10.1. The van der Waals surface area contributed by atoms with Crippen molar-refractivity contribution in [3.63, 3.8) is 0 Å². The van der Waals surface area contributed by atoms with Gasteiger partial charge >= 0.3 is 0 Å². The molecule has 0 atom stereocenters. The van der Waals surface area contributed by atoms with Gasteiger partial charge in [-0.2, -0.15) is 5.26 Å². The van der Waals surface area contributed by atoms with Crippen molar-refractivity contribution in [3.8, 4) is 6.07 Å². The van der Waals surface area contributed by atoms with Crippen molar-refractivity contribution >= 4 is 17.1 Å². The minimum absolute atomic E-state index is 0.170. The van der Waals surface area contributed by atoms with Crippen LogP contribution in [0.2, 0.25) is 0 Å². The van der Waals surface area contributed by atoms with E-state index in [0.29, 0.717) is 12.1 Å². The maximum atomic E-state index is 13.5. The Bertz CT molecular complexity index is 654. The molecule has 6 heteroatoms. The van der Waals surface area contributed by atoms with E-state index in [1.165, 1.54) is 18.2 Å². The molecule has 0 aliphatic rings. The van der Waals surface area contributed by atoms with E-state index in [1.807, 2.05) is 6.07 Å². The molecule has 0 aromatic heterocycles. The average molecular weight is 263 g/mol. The zero-order chi connectivity index (χ0) is 14.0. The summed E-state index contributed by atoms with van der Waals surface area (Å²) in [7, 11) is 0.